The van der Waals surface area contributed by atoms with Crippen LogP contribution in [0.15, 0.2) is 82.3 Å². The summed E-state index contributed by atoms with van der Waals surface area (Å²) >= 11 is 0. The van der Waals surface area contributed by atoms with E-state index >= 15 is 0 Å². The number of furan rings is 1. The fourth-order valence-corrected chi connectivity index (χ4v) is 3.52. The number of unbranched alkanes of at least 4 members (excludes halogenated alkanes) is 1. The Hall–Kier alpha value is -2.59. The molecule has 1 heterocycles. The van der Waals surface area contributed by atoms with Crippen LogP contribution in [-0.4, -0.2) is 22.8 Å². The second-order valence-corrected chi connectivity index (χ2v) is 8.87. The Morgan fingerprint density at radius 3 is 2.42 bits per heavy atom. The number of carboxylic acids is 1. The SMILES string of the molecule is C=C(C)C(C/C=C(\C)CC/C=C\CC/C=C(/C)CO)CC/C(=C/CCc1ccoc1)C(=O)O. The molecule has 0 aliphatic carbocycles. The summed E-state index contributed by atoms with van der Waals surface area (Å²) in [6.07, 6.45) is 21.7. The van der Waals surface area contributed by atoms with Crippen LogP contribution in [0.25, 0.3) is 0 Å². The van der Waals surface area contributed by atoms with Crippen molar-refractivity contribution in [1.29, 1.82) is 0 Å². The molecule has 1 atom stereocenters. The normalized spacial score (nSPS) is 14.1. The van der Waals surface area contributed by atoms with Gasteiger partial charge in [0, 0.05) is 5.57 Å². The molecule has 0 aliphatic heterocycles. The lowest BCUT2D eigenvalue weighted by molar-refractivity contribution is -0.132. The number of hydrogen-bond acceptors (Lipinski definition) is 3. The molecular weight excluding hydrogens is 412 g/mol. The summed E-state index contributed by atoms with van der Waals surface area (Å²) in [6.45, 7) is 10.4. The van der Waals surface area contributed by atoms with E-state index in [4.69, 9.17) is 9.52 Å². The van der Waals surface area contributed by atoms with Gasteiger partial charge in [0.2, 0.25) is 0 Å². The summed E-state index contributed by atoms with van der Waals surface area (Å²) in [4.78, 5) is 11.7. The molecular formula is C29H42O4. The maximum absolute atomic E-state index is 11.7. The molecule has 4 nitrogen and oxygen atoms in total. The number of aliphatic carboxylic acids is 1. The lowest BCUT2D eigenvalue weighted by Gasteiger charge is -2.16. The van der Waals surface area contributed by atoms with E-state index in [0.29, 0.717) is 18.4 Å². The molecule has 33 heavy (non-hydrogen) atoms. The summed E-state index contributed by atoms with van der Waals surface area (Å²) in [5.74, 6) is -0.545. The standard InChI is InChI=1S/C29H42O4/c1-23(2)27(16-15-24(3)11-8-6-5-7-9-12-25(4)21-30)17-18-28(29(31)32)14-10-13-26-19-20-33-22-26/h5-6,12,14-15,19-20,22,27,30H,1,7-11,13,16-18,21H2,2-4H3,(H,31,32)/b6-5-,24-15+,25-12-,28-14-. The van der Waals surface area contributed by atoms with Gasteiger partial charge in [0.1, 0.15) is 0 Å². The third-order valence-corrected chi connectivity index (χ3v) is 5.84. The first-order valence-electron chi connectivity index (χ1n) is 12.0. The van der Waals surface area contributed by atoms with E-state index < -0.39 is 5.97 Å². The highest BCUT2D eigenvalue weighted by molar-refractivity contribution is 5.86. The molecule has 0 saturated heterocycles. The van der Waals surface area contributed by atoms with Gasteiger partial charge in [-0.1, -0.05) is 53.7 Å². The molecule has 182 valence electrons. The Labute approximate surface area is 200 Å². The van der Waals surface area contributed by atoms with Crippen molar-refractivity contribution < 1.29 is 19.4 Å². The van der Waals surface area contributed by atoms with Crippen LogP contribution in [0.2, 0.25) is 0 Å². The fraction of sp³-hybridized carbons (Fsp3) is 0.483. The first-order valence-corrected chi connectivity index (χ1v) is 12.0. The van der Waals surface area contributed by atoms with E-state index in [2.05, 4.69) is 37.8 Å². The molecule has 0 aliphatic rings. The molecule has 0 saturated carbocycles. The molecule has 0 fully saturated rings. The van der Waals surface area contributed by atoms with Crippen molar-refractivity contribution in [2.24, 2.45) is 5.92 Å². The van der Waals surface area contributed by atoms with E-state index in [-0.39, 0.29) is 12.5 Å². The van der Waals surface area contributed by atoms with Gasteiger partial charge in [-0.2, -0.15) is 0 Å². The average Bonchev–Trinajstić information content (AvgIpc) is 3.29. The Bertz CT molecular complexity index is 822. The number of allylic oxidation sites excluding steroid dienone is 7. The molecule has 4 heteroatoms. The zero-order valence-electron chi connectivity index (χ0n) is 20.7. The molecule has 0 aromatic carbocycles. The fourth-order valence-electron chi connectivity index (χ4n) is 3.52. The van der Waals surface area contributed by atoms with Crippen molar-refractivity contribution in [2.45, 2.75) is 78.6 Å². The molecule has 1 rings (SSSR count). The molecule has 0 bridgehead atoms. The highest BCUT2D eigenvalue weighted by Gasteiger charge is 2.13. The van der Waals surface area contributed by atoms with Crippen LogP contribution >= 0.6 is 0 Å². The maximum atomic E-state index is 11.7. The minimum absolute atomic E-state index is 0.138. The van der Waals surface area contributed by atoms with E-state index in [0.717, 1.165) is 61.7 Å². The quantitative estimate of drug-likeness (QED) is 0.144. The zero-order valence-corrected chi connectivity index (χ0v) is 20.7. The van der Waals surface area contributed by atoms with Crippen molar-refractivity contribution in [3.8, 4) is 0 Å². The van der Waals surface area contributed by atoms with Crippen molar-refractivity contribution in [1.82, 2.24) is 0 Å². The molecule has 1 aromatic heterocycles. The summed E-state index contributed by atoms with van der Waals surface area (Å²) in [5, 5.41) is 18.6. The van der Waals surface area contributed by atoms with Crippen LogP contribution in [0.4, 0.5) is 0 Å². The second-order valence-electron chi connectivity index (χ2n) is 8.87. The largest absolute Gasteiger partial charge is 0.478 e. The van der Waals surface area contributed by atoms with Gasteiger partial charge in [0.15, 0.2) is 0 Å². The molecule has 0 spiro atoms. The molecule has 2 N–H and O–H groups in total. The lowest BCUT2D eigenvalue weighted by Crippen LogP contribution is -2.06. The Balaban J connectivity index is 2.45. The van der Waals surface area contributed by atoms with E-state index in [1.807, 2.05) is 26.0 Å². The van der Waals surface area contributed by atoms with Crippen LogP contribution < -0.4 is 0 Å². The first-order chi connectivity index (χ1) is 15.8. The topological polar surface area (TPSA) is 70.7 Å². The van der Waals surface area contributed by atoms with Crippen molar-refractivity contribution in [2.75, 3.05) is 6.61 Å². The van der Waals surface area contributed by atoms with Gasteiger partial charge in [-0.15, -0.1) is 0 Å². The van der Waals surface area contributed by atoms with Gasteiger partial charge in [0.25, 0.3) is 0 Å². The molecule has 0 amide bonds. The second kappa shape index (κ2) is 17.0. The summed E-state index contributed by atoms with van der Waals surface area (Å²) < 4.78 is 5.06. The van der Waals surface area contributed by atoms with E-state index in [1.165, 1.54) is 5.57 Å². The number of aliphatic hydroxyl groups excluding tert-OH is 1. The predicted octanol–water partition coefficient (Wildman–Crippen LogP) is 7.59. The smallest absolute Gasteiger partial charge is 0.331 e. The number of hydrogen-bond donors (Lipinski definition) is 2. The molecule has 1 aromatic rings. The summed E-state index contributed by atoms with van der Waals surface area (Å²) in [5.41, 5.74) is 5.05. The monoisotopic (exact) mass is 454 g/mol. The van der Waals surface area contributed by atoms with Crippen LogP contribution in [0, 0.1) is 5.92 Å². The molecule has 1 unspecified atom stereocenters. The highest BCUT2D eigenvalue weighted by Crippen LogP contribution is 2.24. The average molecular weight is 455 g/mol. The maximum Gasteiger partial charge on any atom is 0.331 e. The van der Waals surface area contributed by atoms with Gasteiger partial charge in [-0.05, 0) is 96.1 Å². The number of rotatable bonds is 17. The van der Waals surface area contributed by atoms with Crippen LogP contribution in [0.5, 0.6) is 0 Å². The highest BCUT2D eigenvalue weighted by atomic mass is 16.4. The van der Waals surface area contributed by atoms with E-state index in [9.17, 15) is 9.90 Å². The number of aryl methyl sites for hydroxylation is 1. The number of carboxylic acid groups (broad SMARTS) is 1. The third-order valence-electron chi connectivity index (χ3n) is 5.84. The minimum Gasteiger partial charge on any atom is -0.478 e. The Kier molecular flexibility index (Phi) is 14.6. The first kappa shape index (κ1) is 28.4. The predicted molar refractivity (Wildman–Crippen MR) is 137 cm³/mol. The van der Waals surface area contributed by atoms with Crippen LogP contribution in [0.3, 0.4) is 0 Å². The third kappa shape index (κ3) is 13.5. The lowest BCUT2D eigenvalue weighted by atomic mass is 9.89. The van der Waals surface area contributed by atoms with Gasteiger partial charge in [-0.3, -0.25) is 0 Å². The molecule has 0 radical (unpaired) electrons. The Morgan fingerprint density at radius 2 is 1.79 bits per heavy atom. The zero-order chi connectivity index (χ0) is 24.5. The van der Waals surface area contributed by atoms with Crippen LogP contribution in [-0.2, 0) is 11.2 Å². The van der Waals surface area contributed by atoms with Gasteiger partial charge in [-0.25, -0.2) is 4.79 Å². The van der Waals surface area contributed by atoms with Gasteiger partial charge >= 0.3 is 5.97 Å². The van der Waals surface area contributed by atoms with E-state index in [1.54, 1.807) is 12.5 Å². The van der Waals surface area contributed by atoms with Crippen molar-refractivity contribution in [3.05, 3.63) is 83.4 Å². The minimum atomic E-state index is -0.830. The Morgan fingerprint density at radius 1 is 1.03 bits per heavy atom. The van der Waals surface area contributed by atoms with Gasteiger partial charge < -0.3 is 14.6 Å². The summed E-state index contributed by atoms with van der Waals surface area (Å²) in [7, 11) is 0. The summed E-state index contributed by atoms with van der Waals surface area (Å²) in [6, 6.07) is 1.91. The van der Waals surface area contributed by atoms with Gasteiger partial charge in [0.05, 0.1) is 19.1 Å². The van der Waals surface area contributed by atoms with Crippen molar-refractivity contribution in [3.63, 3.8) is 0 Å². The van der Waals surface area contributed by atoms with Crippen molar-refractivity contribution >= 4 is 5.97 Å². The number of aliphatic hydroxyl groups is 1. The van der Waals surface area contributed by atoms with Crippen LogP contribution in [0.1, 0.15) is 77.7 Å². The number of carbonyl (C=O) groups is 1.